The van der Waals surface area contributed by atoms with E-state index < -0.39 is 0 Å². The fourth-order valence-electron chi connectivity index (χ4n) is 3.26. The van der Waals surface area contributed by atoms with Crippen LogP contribution in [-0.2, 0) is 9.53 Å². The smallest absolute Gasteiger partial charge is 0.223 e. The van der Waals surface area contributed by atoms with Gasteiger partial charge in [-0.25, -0.2) is 0 Å². The van der Waals surface area contributed by atoms with Crippen LogP contribution in [-0.4, -0.2) is 35.0 Å². The number of hydrogen-bond donors (Lipinski definition) is 1. The summed E-state index contributed by atoms with van der Waals surface area (Å²) in [6, 6.07) is 8.49. The second-order valence-corrected chi connectivity index (χ2v) is 6.20. The summed E-state index contributed by atoms with van der Waals surface area (Å²) in [7, 11) is 0. The molecular formula is C18H24N2O2. The van der Waals surface area contributed by atoms with Crippen molar-refractivity contribution in [1.29, 1.82) is 0 Å². The van der Waals surface area contributed by atoms with Gasteiger partial charge >= 0.3 is 0 Å². The van der Waals surface area contributed by atoms with Gasteiger partial charge in [-0.3, -0.25) is 4.79 Å². The molecule has 1 aromatic carbocycles. The zero-order chi connectivity index (χ0) is 15.5. The first-order valence-electron chi connectivity index (χ1n) is 8.14. The number of aromatic amines is 1. The SMILES string of the molecule is CC(C)OCCCN1C(=O)CCC1c1c[nH]c2ccccc12. The van der Waals surface area contributed by atoms with Crippen molar-refractivity contribution in [2.45, 2.75) is 45.3 Å². The Kier molecular flexibility index (Phi) is 4.48. The lowest BCUT2D eigenvalue weighted by atomic mass is 10.0. The summed E-state index contributed by atoms with van der Waals surface area (Å²) in [4.78, 5) is 17.6. The highest BCUT2D eigenvalue weighted by Gasteiger charge is 2.32. The number of carbonyl (C=O) groups is 1. The van der Waals surface area contributed by atoms with Gasteiger partial charge in [0.1, 0.15) is 0 Å². The fourth-order valence-corrected chi connectivity index (χ4v) is 3.26. The minimum atomic E-state index is 0.197. The number of fused-ring (bicyclic) bond motifs is 1. The largest absolute Gasteiger partial charge is 0.379 e. The van der Waals surface area contributed by atoms with Crippen LogP contribution in [0.25, 0.3) is 10.9 Å². The van der Waals surface area contributed by atoms with Crippen LogP contribution in [0.4, 0.5) is 0 Å². The topological polar surface area (TPSA) is 45.3 Å². The van der Waals surface area contributed by atoms with Crippen LogP contribution in [0.5, 0.6) is 0 Å². The van der Waals surface area contributed by atoms with Crippen LogP contribution >= 0.6 is 0 Å². The van der Waals surface area contributed by atoms with E-state index in [1.54, 1.807) is 0 Å². The molecule has 0 bridgehead atoms. The number of rotatable bonds is 6. The Morgan fingerprint density at radius 2 is 2.18 bits per heavy atom. The van der Waals surface area contributed by atoms with Gasteiger partial charge in [-0.05, 0) is 38.3 Å². The lowest BCUT2D eigenvalue weighted by Gasteiger charge is -2.25. The molecule has 118 valence electrons. The van der Waals surface area contributed by atoms with Gasteiger partial charge in [0.15, 0.2) is 0 Å². The maximum atomic E-state index is 12.2. The molecule has 0 spiro atoms. The number of aromatic nitrogens is 1. The number of likely N-dealkylation sites (tertiary alicyclic amines) is 1. The molecule has 0 radical (unpaired) electrons. The summed E-state index contributed by atoms with van der Waals surface area (Å²) < 4.78 is 5.59. The van der Waals surface area contributed by atoms with Crippen molar-refractivity contribution in [3.8, 4) is 0 Å². The number of hydrogen-bond acceptors (Lipinski definition) is 2. The first-order chi connectivity index (χ1) is 10.7. The normalized spacial score (nSPS) is 18.8. The van der Waals surface area contributed by atoms with Crippen molar-refractivity contribution in [2.24, 2.45) is 0 Å². The van der Waals surface area contributed by atoms with Crippen LogP contribution in [0.2, 0.25) is 0 Å². The summed E-state index contributed by atoms with van der Waals surface area (Å²) in [5.41, 5.74) is 2.38. The van der Waals surface area contributed by atoms with Gasteiger partial charge in [-0.2, -0.15) is 0 Å². The molecule has 22 heavy (non-hydrogen) atoms. The van der Waals surface area contributed by atoms with Crippen molar-refractivity contribution in [1.82, 2.24) is 9.88 Å². The summed E-state index contributed by atoms with van der Waals surface area (Å²) in [6.45, 7) is 5.56. The van der Waals surface area contributed by atoms with E-state index in [2.05, 4.69) is 29.4 Å². The molecule has 4 heteroatoms. The average molecular weight is 300 g/mol. The predicted molar refractivity (Wildman–Crippen MR) is 87.7 cm³/mol. The third-order valence-corrected chi connectivity index (χ3v) is 4.30. The number of H-pyrrole nitrogens is 1. The first kappa shape index (κ1) is 15.1. The molecule has 1 aromatic heterocycles. The molecule has 1 N–H and O–H groups in total. The number of ether oxygens (including phenoxy) is 1. The van der Waals surface area contributed by atoms with Crippen LogP contribution in [0.15, 0.2) is 30.5 Å². The van der Waals surface area contributed by atoms with Gasteiger partial charge in [-0.15, -0.1) is 0 Å². The molecule has 4 nitrogen and oxygen atoms in total. The second-order valence-electron chi connectivity index (χ2n) is 6.20. The Hall–Kier alpha value is -1.81. The standard InChI is InChI=1S/C18H24N2O2/c1-13(2)22-11-5-10-20-17(8-9-18(20)21)15-12-19-16-7-4-3-6-14(15)16/h3-4,6-7,12-13,17,19H,5,8-11H2,1-2H3. The lowest BCUT2D eigenvalue weighted by Crippen LogP contribution is -2.29. The van der Waals surface area contributed by atoms with Crippen molar-refractivity contribution >= 4 is 16.8 Å². The minimum Gasteiger partial charge on any atom is -0.379 e. The molecule has 1 amide bonds. The summed E-state index contributed by atoms with van der Waals surface area (Å²) in [5, 5.41) is 1.23. The zero-order valence-electron chi connectivity index (χ0n) is 13.3. The van der Waals surface area contributed by atoms with Crippen molar-refractivity contribution in [3.63, 3.8) is 0 Å². The van der Waals surface area contributed by atoms with Crippen molar-refractivity contribution < 1.29 is 9.53 Å². The van der Waals surface area contributed by atoms with Crippen LogP contribution < -0.4 is 0 Å². The van der Waals surface area contributed by atoms with E-state index >= 15 is 0 Å². The molecule has 2 aromatic rings. The Labute approximate surface area is 131 Å². The van der Waals surface area contributed by atoms with Crippen LogP contribution in [0.1, 0.15) is 44.7 Å². The van der Waals surface area contributed by atoms with Crippen LogP contribution in [0, 0.1) is 0 Å². The zero-order valence-corrected chi connectivity index (χ0v) is 13.3. The summed E-state index contributed by atoms with van der Waals surface area (Å²) >= 11 is 0. The van der Waals surface area contributed by atoms with Gasteiger partial charge < -0.3 is 14.6 Å². The lowest BCUT2D eigenvalue weighted by molar-refractivity contribution is -0.129. The molecule has 1 atom stereocenters. The number of carbonyl (C=O) groups excluding carboxylic acids is 1. The summed E-state index contributed by atoms with van der Waals surface area (Å²) in [5.74, 6) is 0.264. The van der Waals surface area contributed by atoms with E-state index in [0.717, 1.165) is 24.9 Å². The van der Waals surface area contributed by atoms with Gasteiger partial charge in [0.25, 0.3) is 0 Å². The Morgan fingerprint density at radius 3 is 3.00 bits per heavy atom. The Balaban J connectivity index is 1.73. The minimum absolute atomic E-state index is 0.197. The molecule has 1 unspecified atom stereocenters. The molecular weight excluding hydrogens is 276 g/mol. The second kappa shape index (κ2) is 6.53. The third-order valence-electron chi connectivity index (χ3n) is 4.30. The fraction of sp³-hybridized carbons (Fsp3) is 0.500. The highest BCUT2D eigenvalue weighted by atomic mass is 16.5. The van der Waals surface area contributed by atoms with Gasteiger partial charge in [-0.1, -0.05) is 18.2 Å². The number of nitrogens with zero attached hydrogens (tertiary/aromatic N) is 1. The van der Waals surface area contributed by atoms with E-state index in [9.17, 15) is 4.79 Å². The Morgan fingerprint density at radius 1 is 1.36 bits per heavy atom. The van der Waals surface area contributed by atoms with Crippen molar-refractivity contribution in [3.05, 3.63) is 36.0 Å². The number of benzene rings is 1. The first-order valence-corrected chi connectivity index (χ1v) is 8.14. The van der Waals surface area contributed by atoms with E-state index in [0.29, 0.717) is 13.0 Å². The van der Waals surface area contributed by atoms with E-state index in [1.165, 1.54) is 10.9 Å². The highest BCUT2D eigenvalue weighted by molar-refractivity contribution is 5.86. The van der Waals surface area contributed by atoms with E-state index in [-0.39, 0.29) is 18.1 Å². The third kappa shape index (κ3) is 3.02. The highest BCUT2D eigenvalue weighted by Crippen LogP contribution is 2.36. The van der Waals surface area contributed by atoms with Gasteiger partial charge in [0.2, 0.25) is 5.91 Å². The Bertz CT molecular complexity index is 647. The van der Waals surface area contributed by atoms with E-state index in [1.807, 2.05) is 24.8 Å². The molecule has 3 rings (SSSR count). The predicted octanol–water partition coefficient (Wildman–Crippen LogP) is 3.65. The number of nitrogens with one attached hydrogen (secondary N) is 1. The molecule has 0 saturated carbocycles. The quantitative estimate of drug-likeness (QED) is 0.828. The molecule has 1 aliphatic heterocycles. The van der Waals surface area contributed by atoms with Crippen molar-refractivity contribution in [2.75, 3.05) is 13.2 Å². The summed E-state index contributed by atoms with van der Waals surface area (Å²) in [6.07, 6.45) is 4.76. The molecule has 0 aliphatic carbocycles. The molecule has 1 fully saturated rings. The molecule has 1 aliphatic rings. The van der Waals surface area contributed by atoms with E-state index in [4.69, 9.17) is 4.74 Å². The van der Waals surface area contributed by atoms with Gasteiger partial charge in [0.05, 0.1) is 12.1 Å². The van der Waals surface area contributed by atoms with Crippen LogP contribution in [0.3, 0.4) is 0 Å². The monoisotopic (exact) mass is 300 g/mol. The maximum absolute atomic E-state index is 12.2. The number of para-hydroxylation sites is 1. The molecule has 2 heterocycles. The van der Waals surface area contributed by atoms with Gasteiger partial charge in [0, 0.05) is 36.7 Å². The molecule has 1 saturated heterocycles. The average Bonchev–Trinajstić information content (AvgIpc) is 3.07. The maximum Gasteiger partial charge on any atom is 0.223 e. The number of amides is 1.